The molecule has 0 bridgehead atoms. The molecule has 23 nitrogen and oxygen atoms in total. The Bertz CT molecular complexity index is 1630. The second kappa shape index (κ2) is 24.1. The molecule has 0 aromatic heterocycles. The normalized spacial score (nSPS) is 20.2. The first kappa shape index (κ1) is 51.7. The van der Waals surface area contributed by atoms with Crippen molar-refractivity contribution >= 4 is 59.2 Å². The third kappa shape index (κ3) is 15.2. The average Bonchev–Trinajstić information content (AvgIpc) is 3.89. The molecule has 2 heterocycles. The molecular weight excluding hydrogens is 806 g/mol. The summed E-state index contributed by atoms with van der Waals surface area (Å²) in [5.41, 5.74) is 10.6. The molecule has 0 radical (unpaired) electrons. The number of nitrogens with zero attached hydrogens (tertiary/aromatic N) is 2. The minimum Gasteiger partial charge on any atom is -0.481 e. The number of hydrogen-bond donors (Lipinski definition) is 11. The molecule has 0 aromatic carbocycles. The van der Waals surface area contributed by atoms with Gasteiger partial charge >= 0.3 is 11.9 Å². The van der Waals surface area contributed by atoms with Crippen LogP contribution >= 0.6 is 0 Å². The number of aliphatic carboxylic acids is 2. The Kier molecular flexibility index (Phi) is 20.5. The van der Waals surface area contributed by atoms with Gasteiger partial charge in [0.15, 0.2) is 0 Å². The molecule has 2 aliphatic heterocycles. The van der Waals surface area contributed by atoms with Gasteiger partial charge in [-0.05, 0) is 57.3 Å². The van der Waals surface area contributed by atoms with E-state index in [4.69, 9.17) is 11.5 Å². The van der Waals surface area contributed by atoms with E-state index in [0.717, 1.165) is 4.90 Å². The summed E-state index contributed by atoms with van der Waals surface area (Å²) in [5.74, 6) is -10.2. The molecule has 2 fully saturated rings. The number of rotatable bonds is 24. The van der Waals surface area contributed by atoms with E-state index in [9.17, 15) is 68.4 Å². The van der Waals surface area contributed by atoms with Gasteiger partial charge in [-0.1, -0.05) is 34.1 Å². The molecule has 0 spiro atoms. The van der Waals surface area contributed by atoms with E-state index in [1.807, 2.05) is 13.8 Å². The molecule has 2 aliphatic rings. The first-order chi connectivity index (χ1) is 28.5. The number of likely N-dealkylation sites (tertiary alicyclic amines) is 2. The highest BCUT2D eigenvalue weighted by Gasteiger charge is 2.43. The molecule has 10 atom stereocenters. The van der Waals surface area contributed by atoms with Crippen molar-refractivity contribution < 1.29 is 68.4 Å². The maximum absolute atomic E-state index is 14.1. The third-order valence-corrected chi connectivity index (χ3v) is 10.7. The SMILES string of the molecule is CCC(C)C(NC(=O)C1CCCN1C(=O)C(NC(=O)C(CC(=O)O)NC(=O)C(N)CO)C(C)O)C(=O)NC(CC(C)C)C(=O)N1CCCC1C(=O)NC(CCC(N)=O)C(=O)O. The van der Waals surface area contributed by atoms with Gasteiger partial charge in [0.25, 0.3) is 0 Å². The Morgan fingerprint density at radius 2 is 1.25 bits per heavy atom. The van der Waals surface area contributed by atoms with Gasteiger partial charge in [0.2, 0.25) is 47.3 Å². The summed E-state index contributed by atoms with van der Waals surface area (Å²) in [6, 6.07) is -11.0. The monoisotopic (exact) mass is 869 g/mol. The zero-order chi connectivity index (χ0) is 46.3. The Hall–Kier alpha value is -5.42. The maximum Gasteiger partial charge on any atom is 0.326 e. The fourth-order valence-corrected chi connectivity index (χ4v) is 7.09. The third-order valence-electron chi connectivity index (χ3n) is 10.7. The number of aliphatic hydroxyl groups is 2. The fraction of sp³-hybridized carbons (Fsp3) is 0.737. The van der Waals surface area contributed by atoms with Crippen molar-refractivity contribution in [2.24, 2.45) is 23.3 Å². The summed E-state index contributed by atoms with van der Waals surface area (Å²) >= 11 is 0. The van der Waals surface area contributed by atoms with E-state index in [1.165, 1.54) is 11.8 Å². The molecule has 61 heavy (non-hydrogen) atoms. The highest BCUT2D eigenvalue weighted by Crippen LogP contribution is 2.23. The minimum absolute atomic E-state index is 0.00471. The minimum atomic E-state index is -1.76. The van der Waals surface area contributed by atoms with Crippen LogP contribution in [0.4, 0.5) is 0 Å². The largest absolute Gasteiger partial charge is 0.481 e. The predicted octanol–water partition coefficient (Wildman–Crippen LogP) is -3.99. The van der Waals surface area contributed by atoms with E-state index in [1.54, 1.807) is 13.8 Å². The first-order valence-corrected chi connectivity index (χ1v) is 20.4. The van der Waals surface area contributed by atoms with Crippen LogP contribution in [-0.4, -0.2) is 164 Å². The molecule has 0 aromatic rings. The highest BCUT2D eigenvalue weighted by atomic mass is 16.4. The standard InChI is InChI=1S/C38H63N9O14/c1-6-19(4)29(35(57)43-24(15-18(2)3)36(58)46-13-7-9-25(46)33(55)41-22(38(60)61)11-12-27(40)50)44-34(56)26-10-8-14-47(26)37(59)30(20(5)49)45-32(54)23(16-28(51)52)42-31(53)21(39)17-48/h18-26,29-30,48-49H,6-17,39H2,1-5H3,(H2,40,50)(H,41,55)(H,42,53)(H,43,57)(H,44,56)(H,45,54)(H,51,52)(H,60,61). The molecular formula is C38H63N9O14. The van der Waals surface area contributed by atoms with Gasteiger partial charge in [-0.3, -0.25) is 43.2 Å². The van der Waals surface area contributed by atoms with E-state index in [-0.39, 0.29) is 51.1 Å². The second-order valence-corrected chi connectivity index (χ2v) is 16.0. The number of hydrogen-bond acceptors (Lipinski definition) is 13. The molecule has 2 rings (SSSR count). The smallest absolute Gasteiger partial charge is 0.326 e. The number of carbonyl (C=O) groups excluding carboxylic acids is 8. The van der Waals surface area contributed by atoms with Crippen molar-refractivity contribution in [3.05, 3.63) is 0 Å². The van der Waals surface area contributed by atoms with Crippen LogP contribution < -0.4 is 38.1 Å². The summed E-state index contributed by atoms with van der Waals surface area (Å²) in [6.07, 6.45) is -1.47. The molecule has 344 valence electrons. The molecule has 0 aliphatic carbocycles. The molecule has 2 saturated heterocycles. The summed E-state index contributed by atoms with van der Waals surface area (Å²) in [7, 11) is 0. The molecule has 23 heteroatoms. The summed E-state index contributed by atoms with van der Waals surface area (Å²) in [6.45, 7) is 7.60. The topological polar surface area (TPSA) is 370 Å². The lowest BCUT2D eigenvalue weighted by Gasteiger charge is -2.33. The number of nitrogens with one attached hydrogen (secondary N) is 5. The molecule has 10 unspecified atom stereocenters. The van der Waals surface area contributed by atoms with E-state index in [2.05, 4.69) is 26.6 Å². The van der Waals surface area contributed by atoms with E-state index < -0.39 is 133 Å². The predicted molar refractivity (Wildman–Crippen MR) is 213 cm³/mol. The summed E-state index contributed by atoms with van der Waals surface area (Å²) in [4.78, 5) is 131. The van der Waals surface area contributed by atoms with Crippen LogP contribution in [0.2, 0.25) is 0 Å². The number of amides is 8. The highest BCUT2D eigenvalue weighted by molar-refractivity contribution is 5.98. The van der Waals surface area contributed by atoms with Crippen molar-refractivity contribution in [2.45, 2.75) is 147 Å². The van der Waals surface area contributed by atoms with E-state index >= 15 is 0 Å². The zero-order valence-corrected chi connectivity index (χ0v) is 35.3. The second-order valence-electron chi connectivity index (χ2n) is 16.0. The van der Waals surface area contributed by atoms with Gasteiger partial charge in [0.1, 0.15) is 48.3 Å². The van der Waals surface area contributed by atoms with Crippen molar-refractivity contribution in [3.63, 3.8) is 0 Å². The van der Waals surface area contributed by atoms with Crippen LogP contribution in [0.25, 0.3) is 0 Å². The van der Waals surface area contributed by atoms with Gasteiger partial charge in [-0.15, -0.1) is 0 Å². The Morgan fingerprint density at radius 1 is 0.705 bits per heavy atom. The van der Waals surface area contributed by atoms with Crippen LogP contribution in [0.1, 0.15) is 92.4 Å². The zero-order valence-electron chi connectivity index (χ0n) is 35.3. The summed E-state index contributed by atoms with van der Waals surface area (Å²) < 4.78 is 0. The molecule has 0 saturated carbocycles. The number of aliphatic hydroxyl groups excluding tert-OH is 2. The molecule has 13 N–H and O–H groups in total. The summed E-state index contributed by atoms with van der Waals surface area (Å²) in [5, 5.41) is 50.8. The number of carboxylic acid groups (broad SMARTS) is 2. The fourth-order valence-electron chi connectivity index (χ4n) is 7.09. The lowest BCUT2D eigenvalue weighted by molar-refractivity contribution is -0.146. The van der Waals surface area contributed by atoms with Crippen LogP contribution in [0.5, 0.6) is 0 Å². The Labute approximate surface area is 353 Å². The van der Waals surface area contributed by atoms with Crippen molar-refractivity contribution in [1.29, 1.82) is 0 Å². The molecule has 8 amide bonds. The van der Waals surface area contributed by atoms with Crippen LogP contribution in [0.3, 0.4) is 0 Å². The Balaban J connectivity index is 2.29. The van der Waals surface area contributed by atoms with Crippen molar-refractivity contribution in [3.8, 4) is 0 Å². The number of primary amides is 1. The van der Waals surface area contributed by atoms with Gasteiger partial charge < -0.3 is 68.3 Å². The van der Waals surface area contributed by atoms with Gasteiger partial charge in [-0.25, -0.2) is 4.79 Å². The first-order valence-electron chi connectivity index (χ1n) is 20.4. The Morgan fingerprint density at radius 3 is 1.72 bits per heavy atom. The number of nitrogens with two attached hydrogens (primary N) is 2. The van der Waals surface area contributed by atoms with E-state index in [0.29, 0.717) is 19.3 Å². The lowest BCUT2D eigenvalue weighted by atomic mass is 9.96. The average molecular weight is 870 g/mol. The van der Waals surface area contributed by atoms with Crippen molar-refractivity contribution in [2.75, 3.05) is 19.7 Å². The quantitative estimate of drug-likeness (QED) is 0.0441. The van der Waals surface area contributed by atoms with Gasteiger partial charge in [0, 0.05) is 19.5 Å². The van der Waals surface area contributed by atoms with Gasteiger partial charge in [-0.2, -0.15) is 0 Å². The van der Waals surface area contributed by atoms with Crippen LogP contribution in [-0.2, 0) is 47.9 Å². The van der Waals surface area contributed by atoms with Crippen LogP contribution in [0.15, 0.2) is 0 Å². The number of carboxylic acids is 2. The van der Waals surface area contributed by atoms with Crippen molar-refractivity contribution in [1.82, 2.24) is 36.4 Å². The number of carbonyl (C=O) groups is 10. The van der Waals surface area contributed by atoms with Crippen LogP contribution in [0, 0.1) is 11.8 Å². The maximum atomic E-state index is 14.1. The lowest BCUT2D eigenvalue weighted by Crippen LogP contribution is -2.62. The van der Waals surface area contributed by atoms with Gasteiger partial charge in [0.05, 0.1) is 19.1 Å².